The Morgan fingerprint density at radius 1 is 1.50 bits per heavy atom. The van der Waals surface area contributed by atoms with E-state index >= 15 is 0 Å². The van der Waals surface area contributed by atoms with E-state index < -0.39 is 16.0 Å². The van der Waals surface area contributed by atoms with E-state index in [4.69, 9.17) is 16.3 Å². The molecule has 0 radical (unpaired) electrons. The molecule has 1 rings (SSSR count). The lowest BCUT2D eigenvalue weighted by molar-refractivity contribution is 0.0693. The van der Waals surface area contributed by atoms with Gasteiger partial charge >= 0.3 is 5.97 Å². The first-order valence-corrected chi connectivity index (χ1v) is 7.17. The van der Waals surface area contributed by atoms with Crippen molar-refractivity contribution in [2.45, 2.75) is 11.8 Å². The standard InChI is InChI=1S/C13H15NO5S/c1-4-8-14(5-2)20(17,18)10-6-7-12(19-3)11(9-10)13(15)16/h1,6-7,9H,5,8H2,2-3H3,(H,15,16). The molecular weight excluding hydrogens is 282 g/mol. The van der Waals surface area contributed by atoms with Crippen LogP contribution < -0.4 is 4.74 Å². The van der Waals surface area contributed by atoms with Crippen LogP contribution in [-0.2, 0) is 10.0 Å². The number of benzene rings is 1. The zero-order chi connectivity index (χ0) is 15.3. The average Bonchev–Trinajstić information content (AvgIpc) is 2.43. The SMILES string of the molecule is C#CCN(CC)S(=O)(=O)c1ccc(OC)c(C(=O)O)c1. The fourth-order valence-corrected chi connectivity index (χ4v) is 3.02. The number of sulfonamides is 1. The molecule has 0 unspecified atom stereocenters. The zero-order valence-corrected chi connectivity index (χ0v) is 12.0. The largest absolute Gasteiger partial charge is 0.496 e. The van der Waals surface area contributed by atoms with Gasteiger partial charge in [-0.05, 0) is 18.2 Å². The zero-order valence-electron chi connectivity index (χ0n) is 11.2. The van der Waals surface area contributed by atoms with E-state index in [1.54, 1.807) is 6.92 Å². The third-order valence-electron chi connectivity index (χ3n) is 2.66. The van der Waals surface area contributed by atoms with Crippen molar-refractivity contribution in [2.75, 3.05) is 20.2 Å². The highest BCUT2D eigenvalue weighted by Crippen LogP contribution is 2.24. The van der Waals surface area contributed by atoms with Crippen LogP contribution in [0.4, 0.5) is 0 Å². The van der Waals surface area contributed by atoms with Crippen LogP contribution in [0, 0.1) is 12.3 Å². The summed E-state index contributed by atoms with van der Waals surface area (Å²) in [6, 6.07) is 3.66. The average molecular weight is 297 g/mol. The van der Waals surface area contributed by atoms with Gasteiger partial charge in [-0.25, -0.2) is 13.2 Å². The number of carbonyl (C=O) groups is 1. The molecule has 108 valence electrons. The van der Waals surface area contributed by atoms with E-state index in [1.807, 2.05) is 0 Å². The van der Waals surface area contributed by atoms with E-state index in [1.165, 1.54) is 19.2 Å². The van der Waals surface area contributed by atoms with Crippen molar-refractivity contribution in [3.05, 3.63) is 23.8 Å². The van der Waals surface area contributed by atoms with Crippen molar-refractivity contribution >= 4 is 16.0 Å². The minimum absolute atomic E-state index is 0.0761. The third kappa shape index (κ3) is 3.10. The van der Waals surface area contributed by atoms with Gasteiger partial charge in [0.1, 0.15) is 11.3 Å². The summed E-state index contributed by atoms with van der Waals surface area (Å²) in [4.78, 5) is 11.0. The molecule has 0 spiro atoms. The highest BCUT2D eigenvalue weighted by molar-refractivity contribution is 7.89. The Balaban J connectivity index is 3.37. The molecule has 0 amide bonds. The van der Waals surface area contributed by atoms with Crippen LogP contribution in [0.5, 0.6) is 5.75 Å². The number of aromatic carboxylic acids is 1. The Morgan fingerprint density at radius 2 is 2.15 bits per heavy atom. The van der Waals surface area contributed by atoms with Crippen molar-refractivity contribution in [1.29, 1.82) is 0 Å². The van der Waals surface area contributed by atoms with Crippen molar-refractivity contribution in [2.24, 2.45) is 0 Å². The predicted molar refractivity (Wildman–Crippen MR) is 73.2 cm³/mol. The second-order valence-corrected chi connectivity index (χ2v) is 5.74. The molecule has 0 heterocycles. The molecular formula is C13H15NO5S. The summed E-state index contributed by atoms with van der Waals surface area (Å²) >= 11 is 0. The Hall–Kier alpha value is -2.04. The number of nitrogens with zero attached hydrogens (tertiary/aromatic N) is 1. The Bertz CT molecular complexity index is 645. The van der Waals surface area contributed by atoms with Crippen molar-refractivity contribution < 1.29 is 23.1 Å². The molecule has 0 saturated heterocycles. The van der Waals surface area contributed by atoms with Crippen LogP contribution in [0.25, 0.3) is 0 Å². The maximum atomic E-state index is 12.3. The Labute approximate surface area is 118 Å². The number of hydrogen-bond donors (Lipinski definition) is 1. The quantitative estimate of drug-likeness (QED) is 0.793. The molecule has 0 bridgehead atoms. The van der Waals surface area contributed by atoms with Crippen LogP contribution in [0.1, 0.15) is 17.3 Å². The lowest BCUT2D eigenvalue weighted by Crippen LogP contribution is -2.31. The lowest BCUT2D eigenvalue weighted by atomic mass is 10.2. The molecule has 6 nitrogen and oxygen atoms in total. The van der Waals surface area contributed by atoms with Crippen molar-refractivity contribution in [3.63, 3.8) is 0 Å². The molecule has 0 saturated carbocycles. The van der Waals surface area contributed by atoms with Crippen molar-refractivity contribution in [1.82, 2.24) is 4.31 Å². The summed E-state index contributed by atoms with van der Waals surface area (Å²) in [6.07, 6.45) is 5.13. The number of carboxylic acids is 1. The summed E-state index contributed by atoms with van der Waals surface area (Å²) in [7, 11) is -2.51. The highest BCUT2D eigenvalue weighted by Gasteiger charge is 2.24. The Kier molecular flexibility index (Phi) is 5.13. The molecule has 1 N–H and O–H groups in total. The van der Waals surface area contributed by atoms with Gasteiger partial charge in [-0.3, -0.25) is 0 Å². The summed E-state index contributed by atoms with van der Waals surface area (Å²) in [5, 5.41) is 9.07. The number of carboxylic acid groups (broad SMARTS) is 1. The second-order valence-electron chi connectivity index (χ2n) is 3.80. The first-order chi connectivity index (χ1) is 9.38. The number of ether oxygens (including phenoxy) is 1. The van der Waals surface area contributed by atoms with Crippen LogP contribution in [0.15, 0.2) is 23.1 Å². The molecule has 0 atom stereocenters. The van der Waals surface area contributed by atoms with E-state index in [0.717, 1.165) is 10.4 Å². The van der Waals surface area contributed by atoms with Crippen LogP contribution >= 0.6 is 0 Å². The number of rotatable bonds is 6. The molecule has 1 aromatic rings. The first kappa shape index (κ1) is 16.0. The smallest absolute Gasteiger partial charge is 0.339 e. The van der Waals surface area contributed by atoms with E-state index in [2.05, 4.69) is 5.92 Å². The second kappa shape index (κ2) is 6.41. The minimum atomic E-state index is -3.82. The van der Waals surface area contributed by atoms with E-state index in [0.29, 0.717) is 0 Å². The van der Waals surface area contributed by atoms with Gasteiger partial charge in [-0.1, -0.05) is 12.8 Å². The molecule has 7 heteroatoms. The topological polar surface area (TPSA) is 83.9 Å². The molecule has 0 aromatic heterocycles. The normalized spacial score (nSPS) is 11.1. The predicted octanol–water partition coefficient (Wildman–Crippen LogP) is 1.04. The molecule has 1 aromatic carbocycles. The van der Waals surface area contributed by atoms with Crippen molar-refractivity contribution in [3.8, 4) is 18.1 Å². The van der Waals surface area contributed by atoms with Gasteiger partial charge in [0.15, 0.2) is 0 Å². The number of hydrogen-bond acceptors (Lipinski definition) is 4. The number of terminal acetylenes is 1. The van der Waals surface area contributed by atoms with Crippen LogP contribution in [0.2, 0.25) is 0 Å². The van der Waals surface area contributed by atoms with Gasteiger partial charge in [0.05, 0.1) is 18.6 Å². The fourth-order valence-electron chi connectivity index (χ4n) is 1.63. The van der Waals surface area contributed by atoms with Gasteiger partial charge in [-0.15, -0.1) is 6.42 Å². The number of methoxy groups -OCH3 is 1. The maximum absolute atomic E-state index is 12.3. The Morgan fingerprint density at radius 3 is 2.60 bits per heavy atom. The summed E-state index contributed by atoms with van der Waals surface area (Å²) in [5.74, 6) is 1.09. The third-order valence-corrected chi connectivity index (χ3v) is 4.58. The van der Waals surface area contributed by atoms with E-state index in [9.17, 15) is 13.2 Å². The van der Waals surface area contributed by atoms with E-state index in [-0.39, 0.29) is 29.3 Å². The van der Waals surface area contributed by atoms with Gasteiger partial charge < -0.3 is 9.84 Å². The van der Waals surface area contributed by atoms with Gasteiger partial charge in [0, 0.05) is 6.54 Å². The molecule has 0 aliphatic carbocycles. The molecule has 0 aliphatic rings. The van der Waals surface area contributed by atoms with Gasteiger partial charge in [-0.2, -0.15) is 4.31 Å². The summed E-state index contributed by atoms with van der Waals surface area (Å²) in [5.41, 5.74) is -0.217. The lowest BCUT2D eigenvalue weighted by Gasteiger charge is -2.18. The molecule has 0 aliphatic heterocycles. The maximum Gasteiger partial charge on any atom is 0.339 e. The van der Waals surface area contributed by atoms with Gasteiger partial charge in [0.25, 0.3) is 0 Å². The van der Waals surface area contributed by atoms with Crippen LogP contribution in [-0.4, -0.2) is 44.0 Å². The monoisotopic (exact) mass is 297 g/mol. The van der Waals surface area contributed by atoms with Gasteiger partial charge in [0.2, 0.25) is 10.0 Å². The molecule has 0 fully saturated rings. The summed E-state index contributed by atoms with van der Waals surface area (Å²) < 4.78 is 30.6. The highest BCUT2D eigenvalue weighted by atomic mass is 32.2. The fraction of sp³-hybridized carbons (Fsp3) is 0.308. The first-order valence-electron chi connectivity index (χ1n) is 5.73. The minimum Gasteiger partial charge on any atom is -0.496 e. The summed E-state index contributed by atoms with van der Waals surface area (Å²) in [6.45, 7) is 1.77. The van der Waals surface area contributed by atoms with Crippen LogP contribution in [0.3, 0.4) is 0 Å². The molecule has 20 heavy (non-hydrogen) atoms.